The van der Waals surface area contributed by atoms with E-state index in [1.165, 1.54) is 17.7 Å². The molecular weight excluding hydrogens is 334 g/mol. The Hall–Kier alpha value is -2.21. The summed E-state index contributed by atoms with van der Waals surface area (Å²) >= 11 is 1.59. The zero-order valence-corrected chi connectivity index (χ0v) is 14.8. The van der Waals surface area contributed by atoms with Gasteiger partial charge in [-0.2, -0.15) is 0 Å². The molecule has 0 bridgehead atoms. The van der Waals surface area contributed by atoms with Gasteiger partial charge in [-0.25, -0.2) is 4.98 Å². The fraction of sp³-hybridized carbons (Fsp3) is 0.421. The molecule has 1 aromatic heterocycles. The molecular formula is C19H21N3O2S. The lowest BCUT2D eigenvalue weighted by Gasteiger charge is -2.16. The minimum Gasteiger partial charge on any atom is -0.338 e. The minimum atomic E-state index is -0.294. The Kier molecular flexibility index (Phi) is 4.53. The summed E-state index contributed by atoms with van der Waals surface area (Å²) in [4.78, 5) is 32.4. The molecule has 0 saturated carbocycles. The molecule has 6 heteroatoms. The molecule has 5 nitrogen and oxygen atoms in total. The van der Waals surface area contributed by atoms with Gasteiger partial charge < -0.3 is 10.2 Å². The number of thiazole rings is 1. The summed E-state index contributed by atoms with van der Waals surface area (Å²) in [6.45, 7) is 1.04. The maximum absolute atomic E-state index is 12.5. The monoisotopic (exact) mass is 355 g/mol. The molecule has 0 unspecified atom stereocenters. The van der Waals surface area contributed by atoms with E-state index in [4.69, 9.17) is 0 Å². The van der Waals surface area contributed by atoms with E-state index in [0.717, 1.165) is 24.1 Å². The zero-order valence-electron chi connectivity index (χ0n) is 14.0. The first-order valence-corrected chi connectivity index (χ1v) is 9.62. The van der Waals surface area contributed by atoms with Crippen LogP contribution in [0.3, 0.4) is 0 Å². The Balaban J connectivity index is 1.38. The number of fused-ring (bicyclic) bond motifs is 1. The van der Waals surface area contributed by atoms with Crippen molar-refractivity contribution in [3.05, 3.63) is 46.5 Å². The molecule has 1 aromatic carbocycles. The first-order valence-electron chi connectivity index (χ1n) is 8.80. The van der Waals surface area contributed by atoms with Gasteiger partial charge >= 0.3 is 0 Å². The number of anilines is 1. The highest BCUT2D eigenvalue weighted by Gasteiger charge is 2.34. The highest BCUT2D eigenvalue weighted by Crippen LogP contribution is 2.30. The minimum absolute atomic E-state index is 0.0439. The summed E-state index contributed by atoms with van der Waals surface area (Å²) in [6, 6.07) is 9.88. The molecule has 1 aliphatic heterocycles. The normalized spacial score (nSPS) is 19.8. The van der Waals surface area contributed by atoms with Crippen LogP contribution in [0.15, 0.2) is 30.3 Å². The first kappa shape index (κ1) is 16.3. The van der Waals surface area contributed by atoms with Crippen LogP contribution in [0, 0.1) is 5.92 Å². The number of likely N-dealkylation sites (tertiary alicyclic amines) is 1. The lowest BCUT2D eigenvalue weighted by Crippen LogP contribution is -2.28. The van der Waals surface area contributed by atoms with Gasteiger partial charge in [-0.05, 0) is 31.2 Å². The van der Waals surface area contributed by atoms with Crippen LogP contribution in [0.2, 0.25) is 0 Å². The van der Waals surface area contributed by atoms with Crippen molar-refractivity contribution in [3.63, 3.8) is 0 Å². The standard InChI is InChI=1S/C19H21N3O2S/c23-17-10-14(12-22(17)11-13-6-2-1-3-7-13)18(24)21-19-20-15-8-4-5-9-16(15)25-19/h1-3,6-7,14H,4-5,8-12H2,(H,20,21,24)/t14-/m1/s1. The number of hydrogen-bond acceptors (Lipinski definition) is 4. The van der Waals surface area contributed by atoms with E-state index in [0.29, 0.717) is 18.2 Å². The molecule has 130 valence electrons. The summed E-state index contributed by atoms with van der Waals surface area (Å²) in [5.74, 6) is -0.338. The van der Waals surface area contributed by atoms with Crippen molar-refractivity contribution in [1.82, 2.24) is 9.88 Å². The van der Waals surface area contributed by atoms with E-state index in [1.54, 1.807) is 16.2 Å². The van der Waals surface area contributed by atoms with E-state index in [-0.39, 0.29) is 24.2 Å². The van der Waals surface area contributed by atoms with Crippen LogP contribution in [0.25, 0.3) is 0 Å². The second-order valence-corrected chi connectivity index (χ2v) is 7.83. The maximum atomic E-state index is 12.5. The molecule has 1 atom stereocenters. The van der Waals surface area contributed by atoms with Crippen LogP contribution >= 0.6 is 11.3 Å². The summed E-state index contributed by atoms with van der Waals surface area (Å²) in [5.41, 5.74) is 2.23. The molecule has 4 rings (SSSR count). The van der Waals surface area contributed by atoms with Crippen molar-refractivity contribution in [2.75, 3.05) is 11.9 Å². The van der Waals surface area contributed by atoms with Crippen molar-refractivity contribution in [3.8, 4) is 0 Å². The van der Waals surface area contributed by atoms with Crippen molar-refractivity contribution < 1.29 is 9.59 Å². The Morgan fingerprint density at radius 3 is 2.84 bits per heavy atom. The largest absolute Gasteiger partial charge is 0.338 e. The summed E-state index contributed by atoms with van der Waals surface area (Å²) in [7, 11) is 0. The smallest absolute Gasteiger partial charge is 0.231 e. The van der Waals surface area contributed by atoms with Crippen molar-refractivity contribution >= 4 is 28.3 Å². The molecule has 1 saturated heterocycles. The fourth-order valence-corrected chi connectivity index (χ4v) is 4.57. The molecule has 1 N–H and O–H groups in total. The van der Waals surface area contributed by atoms with E-state index in [1.807, 2.05) is 30.3 Å². The molecule has 0 radical (unpaired) electrons. The molecule has 2 amide bonds. The molecule has 2 heterocycles. The zero-order chi connectivity index (χ0) is 17.2. The van der Waals surface area contributed by atoms with E-state index in [9.17, 15) is 9.59 Å². The van der Waals surface area contributed by atoms with Gasteiger partial charge in [0.25, 0.3) is 0 Å². The van der Waals surface area contributed by atoms with E-state index >= 15 is 0 Å². The van der Waals surface area contributed by atoms with Gasteiger partial charge in [-0.3, -0.25) is 9.59 Å². The van der Waals surface area contributed by atoms with Gasteiger partial charge in [-0.1, -0.05) is 30.3 Å². The van der Waals surface area contributed by atoms with Crippen molar-refractivity contribution in [1.29, 1.82) is 0 Å². The number of benzene rings is 1. The molecule has 1 aliphatic carbocycles. The number of aromatic nitrogens is 1. The van der Waals surface area contributed by atoms with Gasteiger partial charge in [0, 0.05) is 24.4 Å². The van der Waals surface area contributed by atoms with Crippen LogP contribution in [0.4, 0.5) is 5.13 Å². The SMILES string of the molecule is O=C(Nc1nc2c(s1)CCCC2)[C@@H]1CC(=O)N(Cc2ccccc2)C1. The number of amides is 2. The van der Waals surface area contributed by atoms with Crippen LogP contribution in [0.5, 0.6) is 0 Å². The third-order valence-corrected chi connectivity index (χ3v) is 5.95. The molecule has 2 aliphatic rings. The van der Waals surface area contributed by atoms with E-state index in [2.05, 4.69) is 10.3 Å². The van der Waals surface area contributed by atoms with Gasteiger partial charge in [0.2, 0.25) is 11.8 Å². The second kappa shape index (κ2) is 6.96. The lowest BCUT2D eigenvalue weighted by atomic mass is 10.0. The summed E-state index contributed by atoms with van der Waals surface area (Å²) in [6.07, 6.45) is 4.73. The summed E-state index contributed by atoms with van der Waals surface area (Å²) in [5, 5.41) is 3.62. The third-order valence-electron chi connectivity index (χ3n) is 4.88. The summed E-state index contributed by atoms with van der Waals surface area (Å²) < 4.78 is 0. The van der Waals surface area contributed by atoms with E-state index < -0.39 is 0 Å². The number of nitrogens with one attached hydrogen (secondary N) is 1. The van der Waals surface area contributed by atoms with Gasteiger partial charge in [0.1, 0.15) is 0 Å². The van der Waals surface area contributed by atoms with Gasteiger partial charge in [0.15, 0.2) is 5.13 Å². The van der Waals surface area contributed by atoms with Crippen LogP contribution in [-0.2, 0) is 29.0 Å². The molecule has 0 spiro atoms. The van der Waals surface area contributed by atoms with Gasteiger partial charge in [-0.15, -0.1) is 11.3 Å². The number of rotatable bonds is 4. The average Bonchev–Trinajstić information content (AvgIpc) is 3.19. The Bertz CT molecular complexity index is 764. The number of nitrogens with zero attached hydrogens (tertiary/aromatic N) is 2. The van der Waals surface area contributed by atoms with Crippen molar-refractivity contribution in [2.24, 2.45) is 5.92 Å². The van der Waals surface area contributed by atoms with Crippen LogP contribution in [-0.4, -0.2) is 28.2 Å². The second-order valence-electron chi connectivity index (χ2n) is 6.75. The average molecular weight is 355 g/mol. The highest BCUT2D eigenvalue weighted by molar-refractivity contribution is 7.15. The third kappa shape index (κ3) is 3.58. The lowest BCUT2D eigenvalue weighted by molar-refractivity contribution is -0.128. The number of hydrogen-bond donors (Lipinski definition) is 1. The number of carbonyl (C=O) groups is 2. The number of carbonyl (C=O) groups excluding carboxylic acids is 2. The van der Waals surface area contributed by atoms with Crippen LogP contribution < -0.4 is 5.32 Å². The quantitative estimate of drug-likeness (QED) is 0.917. The molecule has 25 heavy (non-hydrogen) atoms. The van der Waals surface area contributed by atoms with Gasteiger partial charge in [0.05, 0.1) is 11.6 Å². The Labute approximate surface area is 151 Å². The fourth-order valence-electron chi connectivity index (χ4n) is 3.52. The highest BCUT2D eigenvalue weighted by atomic mass is 32.1. The molecule has 1 fully saturated rings. The topological polar surface area (TPSA) is 62.3 Å². The Morgan fingerprint density at radius 2 is 2.04 bits per heavy atom. The van der Waals surface area contributed by atoms with Crippen LogP contribution in [0.1, 0.15) is 35.4 Å². The number of aryl methyl sites for hydroxylation is 2. The Morgan fingerprint density at radius 1 is 1.24 bits per heavy atom. The first-order chi connectivity index (χ1) is 12.2. The predicted octanol–water partition coefficient (Wildman–Crippen LogP) is 3.01. The van der Waals surface area contributed by atoms with Crippen molar-refractivity contribution in [2.45, 2.75) is 38.6 Å². The molecule has 2 aromatic rings. The maximum Gasteiger partial charge on any atom is 0.231 e. The predicted molar refractivity (Wildman–Crippen MR) is 97.4 cm³/mol.